The van der Waals surface area contributed by atoms with Crippen molar-refractivity contribution in [3.05, 3.63) is 112 Å². The highest BCUT2D eigenvalue weighted by Crippen LogP contribution is 2.24. The highest BCUT2D eigenvalue weighted by atomic mass is 35.5. The molecule has 1 atom stereocenters. The van der Waals surface area contributed by atoms with Gasteiger partial charge >= 0.3 is 0 Å². The minimum Gasteiger partial charge on any atom is -0.322 e. The lowest BCUT2D eigenvalue weighted by Gasteiger charge is -2.13. The summed E-state index contributed by atoms with van der Waals surface area (Å²) in [5.41, 5.74) is 3.10. The van der Waals surface area contributed by atoms with Crippen molar-refractivity contribution < 1.29 is 14.4 Å². The number of hydrogen-bond donors (Lipinski definition) is 3. The first kappa shape index (κ1) is 24.0. The van der Waals surface area contributed by atoms with Gasteiger partial charge in [0.2, 0.25) is 6.17 Å². The molecule has 1 aromatic heterocycles. The van der Waals surface area contributed by atoms with Crippen molar-refractivity contribution in [3.63, 3.8) is 0 Å². The molecule has 5 rings (SSSR count). The molecule has 0 bridgehead atoms. The summed E-state index contributed by atoms with van der Waals surface area (Å²) in [7, 11) is 1.56. The second-order valence-electron chi connectivity index (χ2n) is 8.23. The van der Waals surface area contributed by atoms with Crippen molar-refractivity contribution in [1.82, 2.24) is 15.1 Å². The van der Waals surface area contributed by atoms with Gasteiger partial charge in [-0.2, -0.15) is 5.10 Å². The summed E-state index contributed by atoms with van der Waals surface area (Å²) in [6, 6.07) is 24.7. The van der Waals surface area contributed by atoms with Gasteiger partial charge in [0, 0.05) is 24.2 Å². The number of benzene rings is 3. The molecule has 1 aliphatic heterocycles. The molecule has 0 fully saturated rings. The van der Waals surface area contributed by atoms with Gasteiger partial charge in [0.15, 0.2) is 5.82 Å². The van der Waals surface area contributed by atoms with E-state index in [0.29, 0.717) is 16.4 Å². The monoisotopic (exact) mass is 512 g/mol. The van der Waals surface area contributed by atoms with Gasteiger partial charge in [-0.3, -0.25) is 19.1 Å². The Kier molecular flexibility index (Phi) is 6.53. The van der Waals surface area contributed by atoms with Crippen LogP contribution in [0.2, 0.25) is 5.02 Å². The third-order valence-electron chi connectivity index (χ3n) is 5.73. The number of fused-ring (bicyclic) bond motifs is 1. The Morgan fingerprint density at radius 2 is 1.65 bits per heavy atom. The van der Waals surface area contributed by atoms with E-state index in [1.807, 2.05) is 48.5 Å². The molecule has 184 valence electrons. The molecule has 0 radical (unpaired) electrons. The number of rotatable bonds is 5. The fraction of sp³-hybridized carbons (Fsp3) is 0.0741. The predicted octanol–water partition coefficient (Wildman–Crippen LogP) is 3.87. The minimum atomic E-state index is -1.20. The Bertz CT molecular complexity index is 1550. The van der Waals surface area contributed by atoms with Gasteiger partial charge in [0.05, 0.1) is 22.0 Å². The first-order valence-electron chi connectivity index (χ1n) is 11.3. The number of anilines is 2. The fourth-order valence-electron chi connectivity index (χ4n) is 3.95. The van der Waals surface area contributed by atoms with E-state index in [2.05, 4.69) is 26.0 Å². The number of aromatic nitrogens is 2. The highest BCUT2D eigenvalue weighted by Gasteiger charge is 2.28. The first-order chi connectivity index (χ1) is 17.9. The number of hydrogen-bond acceptors (Lipinski definition) is 5. The van der Waals surface area contributed by atoms with Crippen LogP contribution in [0.15, 0.2) is 89.9 Å². The lowest BCUT2D eigenvalue weighted by Crippen LogP contribution is -2.42. The maximum atomic E-state index is 13.2. The normalized spacial score (nSPS) is 14.6. The average Bonchev–Trinajstić information content (AvgIpc) is 3.20. The fourth-order valence-corrected chi connectivity index (χ4v) is 4.17. The van der Waals surface area contributed by atoms with Gasteiger partial charge in [-0.15, -0.1) is 0 Å². The van der Waals surface area contributed by atoms with Crippen molar-refractivity contribution in [2.45, 2.75) is 6.17 Å². The Morgan fingerprint density at radius 3 is 2.43 bits per heavy atom. The maximum absolute atomic E-state index is 13.2. The van der Waals surface area contributed by atoms with Crippen LogP contribution in [-0.4, -0.2) is 39.4 Å². The van der Waals surface area contributed by atoms with Crippen molar-refractivity contribution in [2.75, 3.05) is 10.6 Å². The zero-order valence-corrected chi connectivity index (χ0v) is 20.4. The number of amides is 3. The number of halogens is 1. The van der Waals surface area contributed by atoms with Crippen LogP contribution in [0.5, 0.6) is 0 Å². The van der Waals surface area contributed by atoms with Crippen LogP contribution in [0.3, 0.4) is 0 Å². The van der Waals surface area contributed by atoms with Crippen molar-refractivity contribution in [3.8, 4) is 0 Å². The summed E-state index contributed by atoms with van der Waals surface area (Å²) in [5, 5.41) is 12.6. The van der Waals surface area contributed by atoms with E-state index in [1.54, 1.807) is 37.4 Å². The number of nitrogens with one attached hydrogen (secondary N) is 3. The first-order valence-corrected chi connectivity index (χ1v) is 11.7. The molecule has 0 saturated heterocycles. The highest BCUT2D eigenvalue weighted by molar-refractivity contribution is 6.34. The van der Waals surface area contributed by atoms with E-state index in [0.717, 1.165) is 11.1 Å². The molecule has 0 aliphatic carbocycles. The zero-order valence-electron chi connectivity index (χ0n) is 19.6. The van der Waals surface area contributed by atoms with Crippen LogP contribution in [0.25, 0.3) is 0 Å². The Labute approximate surface area is 217 Å². The van der Waals surface area contributed by atoms with Crippen LogP contribution < -0.4 is 16.0 Å². The summed E-state index contributed by atoms with van der Waals surface area (Å²) in [4.78, 5) is 43.4. The average molecular weight is 513 g/mol. The van der Waals surface area contributed by atoms with Gasteiger partial charge in [0.1, 0.15) is 5.69 Å². The summed E-state index contributed by atoms with van der Waals surface area (Å²) >= 11 is 6.10. The molecular weight excluding hydrogens is 492 g/mol. The number of aryl methyl sites for hydroxylation is 1. The quantitative estimate of drug-likeness (QED) is 0.376. The zero-order chi connectivity index (χ0) is 25.9. The summed E-state index contributed by atoms with van der Waals surface area (Å²) in [6.07, 6.45) is -1.20. The molecule has 4 aromatic rings. The molecule has 37 heavy (non-hydrogen) atoms. The molecule has 1 aliphatic rings. The van der Waals surface area contributed by atoms with E-state index in [1.165, 1.54) is 10.7 Å². The lowest BCUT2D eigenvalue weighted by molar-refractivity contribution is -0.117. The molecule has 3 N–H and O–H groups in total. The Morgan fingerprint density at radius 1 is 0.946 bits per heavy atom. The number of carbonyl (C=O) groups excluding carboxylic acids is 3. The van der Waals surface area contributed by atoms with E-state index < -0.39 is 23.9 Å². The van der Waals surface area contributed by atoms with Crippen LogP contribution in [0.4, 0.5) is 11.5 Å². The largest absolute Gasteiger partial charge is 0.322 e. The van der Waals surface area contributed by atoms with Gasteiger partial charge in [0.25, 0.3) is 17.7 Å². The third kappa shape index (κ3) is 4.98. The van der Waals surface area contributed by atoms with Crippen molar-refractivity contribution in [1.29, 1.82) is 0 Å². The van der Waals surface area contributed by atoms with Crippen molar-refractivity contribution >= 4 is 46.5 Å². The smallest absolute Gasteiger partial charge is 0.271 e. The van der Waals surface area contributed by atoms with Gasteiger partial charge in [-0.1, -0.05) is 72.3 Å². The molecular formula is C27H21ClN6O3. The lowest BCUT2D eigenvalue weighted by atomic mass is 10.0. The second-order valence-corrected chi connectivity index (χ2v) is 8.63. The topological polar surface area (TPSA) is 117 Å². The van der Waals surface area contributed by atoms with Gasteiger partial charge in [-0.05, 0) is 18.2 Å². The Balaban J connectivity index is 1.40. The number of aliphatic imine (C=N–C) groups is 1. The predicted molar refractivity (Wildman–Crippen MR) is 141 cm³/mol. The number of para-hydroxylation sites is 1. The van der Waals surface area contributed by atoms with Crippen molar-refractivity contribution in [2.24, 2.45) is 12.0 Å². The van der Waals surface area contributed by atoms with Crippen LogP contribution >= 0.6 is 11.6 Å². The SMILES string of the molecule is Cn1nc(NC(=O)c2ccccc2Cl)cc1C(=O)NC1N=C(c2ccccc2)c2ccccc2NC1=O. The van der Waals surface area contributed by atoms with Crippen LogP contribution in [0.1, 0.15) is 32.0 Å². The van der Waals surface area contributed by atoms with E-state index in [4.69, 9.17) is 11.6 Å². The van der Waals surface area contributed by atoms with Gasteiger partial charge < -0.3 is 16.0 Å². The second kappa shape index (κ2) is 10.1. The molecule has 10 heteroatoms. The number of benzodiazepines with no additional fused rings is 1. The van der Waals surface area contributed by atoms with Crippen LogP contribution in [0, 0.1) is 0 Å². The number of nitrogens with zero attached hydrogens (tertiary/aromatic N) is 3. The molecule has 2 heterocycles. The number of carbonyl (C=O) groups is 3. The molecule has 1 unspecified atom stereocenters. The summed E-state index contributed by atoms with van der Waals surface area (Å²) in [6.45, 7) is 0. The molecule has 0 spiro atoms. The third-order valence-corrected chi connectivity index (χ3v) is 6.06. The summed E-state index contributed by atoms with van der Waals surface area (Å²) in [5.74, 6) is -1.38. The minimum absolute atomic E-state index is 0.125. The molecule has 9 nitrogen and oxygen atoms in total. The Hall–Kier alpha value is -4.76. The molecule has 3 amide bonds. The van der Waals surface area contributed by atoms with Gasteiger partial charge in [-0.25, -0.2) is 4.99 Å². The van der Waals surface area contributed by atoms with E-state index in [9.17, 15) is 14.4 Å². The maximum Gasteiger partial charge on any atom is 0.271 e. The van der Waals surface area contributed by atoms with E-state index in [-0.39, 0.29) is 17.1 Å². The van der Waals surface area contributed by atoms with E-state index >= 15 is 0 Å². The standard InChI is InChI=1S/C27H21ClN6O3/c1-34-21(15-22(33-34)30-25(35)17-11-5-7-13-19(17)28)26(36)32-24-27(37)29-20-14-8-6-12-18(20)23(31-24)16-9-3-2-4-10-16/h2-15,24H,1H3,(H,29,37)(H,32,36)(H,30,33,35). The summed E-state index contributed by atoms with van der Waals surface area (Å²) < 4.78 is 1.31. The molecule has 0 saturated carbocycles. The van der Waals surface area contributed by atoms with Crippen LogP contribution in [-0.2, 0) is 11.8 Å². The molecule has 3 aromatic carbocycles.